The summed E-state index contributed by atoms with van der Waals surface area (Å²) in [6.07, 6.45) is 6.29. The van der Waals surface area contributed by atoms with Gasteiger partial charge in [0.1, 0.15) is 0 Å². The molecule has 1 heterocycles. The molecule has 1 aliphatic carbocycles. The fraction of sp³-hybridized carbons (Fsp3) is 0.727. The van der Waals surface area contributed by atoms with Crippen LogP contribution in [0.3, 0.4) is 0 Å². The summed E-state index contributed by atoms with van der Waals surface area (Å²) in [5, 5.41) is 19.9. The van der Waals surface area contributed by atoms with Gasteiger partial charge in [-0.1, -0.05) is 11.6 Å². The normalized spacial score (nSPS) is 24.5. The predicted octanol–water partition coefficient (Wildman–Crippen LogP) is -0.0546. The Labute approximate surface area is 100 Å². The second-order valence-electron chi connectivity index (χ2n) is 4.47. The number of nitrogens with zero attached hydrogens (tertiary/aromatic N) is 3. The van der Waals surface area contributed by atoms with E-state index in [0.29, 0.717) is 19.5 Å². The summed E-state index contributed by atoms with van der Waals surface area (Å²) in [7, 11) is 0. The van der Waals surface area contributed by atoms with Crippen molar-refractivity contribution in [3.8, 4) is 0 Å². The molecule has 0 unspecified atom stereocenters. The largest absolute Gasteiger partial charge is 0.393 e. The van der Waals surface area contributed by atoms with Crippen molar-refractivity contribution in [1.29, 1.82) is 0 Å². The molecule has 1 amide bonds. The Morgan fingerprint density at radius 2 is 2.41 bits per heavy atom. The first-order valence-corrected chi connectivity index (χ1v) is 6.05. The first kappa shape index (κ1) is 12.0. The van der Waals surface area contributed by atoms with Crippen molar-refractivity contribution < 1.29 is 9.90 Å². The second kappa shape index (κ2) is 5.77. The molecule has 6 heteroatoms. The van der Waals surface area contributed by atoms with Crippen LogP contribution >= 0.6 is 0 Å². The summed E-state index contributed by atoms with van der Waals surface area (Å²) in [6.45, 7) is 1.18. The van der Waals surface area contributed by atoms with E-state index in [2.05, 4.69) is 15.6 Å². The molecule has 1 aliphatic rings. The number of aromatic nitrogens is 3. The lowest BCUT2D eigenvalue weighted by molar-refractivity contribution is -0.127. The van der Waals surface area contributed by atoms with E-state index in [1.807, 2.05) is 0 Å². The molecule has 2 atom stereocenters. The van der Waals surface area contributed by atoms with E-state index in [1.54, 1.807) is 17.1 Å². The molecular formula is C11H18N4O2. The first-order valence-electron chi connectivity index (χ1n) is 6.05. The summed E-state index contributed by atoms with van der Waals surface area (Å²) >= 11 is 0. The Morgan fingerprint density at radius 1 is 1.53 bits per heavy atom. The molecule has 17 heavy (non-hydrogen) atoms. The minimum atomic E-state index is -0.310. The van der Waals surface area contributed by atoms with Gasteiger partial charge in [0.15, 0.2) is 0 Å². The first-order chi connectivity index (χ1) is 8.25. The van der Waals surface area contributed by atoms with Gasteiger partial charge in [0.25, 0.3) is 0 Å². The highest BCUT2D eigenvalue weighted by Gasteiger charge is 2.25. The maximum absolute atomic E-state index is 11.8. The van der Waals surface area contributed by atoms with E-state index in [1.165, 1.54) is 0 Å². The third kappa shape index (κ3) is 3.52. The molecule has 0 bridgehead atoms. The number of hydrogen-bond donors (Lipinski definition) is 2. The van der Waals surface area contributed by atoms with Crippen LogP contribution in [0.2, 0.25) is 0 Å². The van der Waals surface area contributed by atoms with Crippen molar-refractivity contribution in [2.45, 2.75) is 38.3 Å². The van der Waals surface area contributed by atoms with E-state index in [-0.39, 0.29) is 17.9 Å². The molecule has 1 aromatic heterocycles. The molecule has 2 rings (SSSR count). The van der Waals surface area contributed by atoms with Gasteiger partial charge < -0.3 is 10.4 Å². The fourth-order valence-electron chi connectivity index (χ4n) is 2.19. The second-order valence-corrected chi connectivity index (χ2v) is 4.47. The minimum absolute atomic E-state index is 0.0329. The third-order valence-electron chi connectivity index (χ3n) is 3.13. The van der Waals surface area contributed by atoms with Gasteiger partial charge in [-0.2, -0.15) is 0 Å². The number of amides is 1. The van der Waals surface area contributed by atoms with Crippen LogP contribution < -0.4 is 5.32 Å². The molecule has 1 aromatic rings. The molecule has 0 spiro atoms. The van der Waals surface area contributed by atoms with Crippen LogP contribution in [0, 0.1) is 5.92 Å². The average molecular weight is 238 g/mol. The predicted molar refractivity (Wildman–Crippen MR) is 61.0 cm³/mol. The monoisotopic (exact) mass is 238 g/mol. The Kier molecular flexibility index (Phi) is 4.08. The molecule has 0 saturated heterocycles. The smallest absolute Gasteiger partial charge is 0.223 e. The third-order valence-corrected chi connectivity index (χ3v) is 3.13. The van der Waals surface area contributed by atoms with Crippen molar-refractivity contribution in [2.75, 3.05) is 6.54 Å². The standard InChI is InChI=1S/C11H18N4O2/c16-10-3-1-2-9(8-10)11(17)12-4-6-15-7-5-13-14-15/h5,7,9-10,16H,1-4,6,8H2,(H,12,17)/t9-,10-/m0/s1. The molecule has 0 aliphatic heterocycles. The van der Waals surface area contributed by atoms with Gasteiger partial charge in [0, 0.05) is 18.7 Å². The zero-order valence-corrected chi connectivity index (χ0v) is 9.75. The van der Waals surface area contributed by atoms with E-state index in [4.69, 9.17) is 0 Å². The van der Waals surface area contributed by atoms with Crippen LogP contribution in [0.4, 0.5) is 0 Å². The van der Waals surface area contributed by atoms with Crippen molar-refractivity contribution in [3.05, 3.63) is 12.4 Å². The fourth-order valence-corrected chi connectivity index (χ4v) is 2.19. The lowest BCUT2D eigenvalue weighted by Crippen LogP contribution is -2.36. The summed E-state index contributed by atoms with van der Waals surface area (Å²) in [4.78, 5) is 11.8. The Morgan fingerprint density at radius 3 is 3.12 bits per heavy atom. The SMILES string of the molecule is O=C(NCCn1ccnn1)[C@H]1CCC[C@H](O)C1. The molecule has 2 N–H and O–H groups in total. The van der Waals surface area contributed by atoms with Gasteiger partial charge in [0.05, 0.1) is 18.8 Å². The molecule has 6 nitrogen and oxygen atoms in total. The van der Waals surface area contributed by atoms with Gasteiger partial charge in [-0.05, 0) is 19.3 Å². The van der Waals surface area contributed by atoms with E-state index in [0.717, 1.165) is 19.3 Å². The molecular weight excluding hydrogens is 220 g/mol. The highest BCUT2D eigenvalue weighted by molar-refractivity contribution is 5.78. The van der Waals surface area contributed by atoms with Crippen molar-refractivity contribution in [3.63, 3.8) is 0 Å². The lowest BCUT2D eigenvalue weighted by atomic mass is 9.87. The van der Waals surface area contributed by atoms with Crippen LogP contribution in [0.25, 0.3) is 0 Å². The Bertz CT molecular complexity index is 352. The van der Waals surface area contributed by atoms with Crippen LogP contribution in [0.5, 0.6) is 0 Å². The van der Waals surface area contributed by atoms with Gasteiger partial charge in [-0.3, -0.25) is 9.48 Å². The number of carbonyl (C=O) groups is 1. The van der Waals surface area contributed by atoms with Crippen molar-refractivity contribution in [2.24, 2.45) is 5.92 Å². The van der Waals surface area contributed by atoms with Crippen molar-refractivity contribution in [1.82, 2.24) is 20.3 Å². The molecule has 94 valence electrons. The number of aliphatic hydroxyl groups excluding tert-OH is 1. The molecule has 0 aromatic carbocycles. The van der Waals surface area contributed by atoms with E-state index in [9.17, 15) is 9.90 Å². The maximum Gasteiger partial charge on any atom is 0.223 e. The van der Waals surface area contributed by atoms with Crippen LogP contribution in [0.1, 0.15) is 25.7 Å². The lowest BCUT2D eigenvalue weighted by Gasteiger charge is -2.24. The van der Waals surface area contributed by atoms with Gasteiger partial charge in [0.2, 0.25) is 5.91 Å². The van der Waals surface area contributed by atoms with Gasteiger partial charge in [-0.15, -0.1) is 5.10 Å². The van der Waals surface area contributed by atoms with E-state index < -0.39 is 0 Å². The van der Waals surface area contributed by atoms with E-state index >= 15 is 0 Å². The zero-order chi connectivity index (χ0) is 12.1. The number of rotatable bonds is 4. The van der Waals surface area contributed by atoms with Crippen LogP contribution in [0.15, 0.2) is 12.4 Å². The molecule has 0 radical (unpaired) electrons. The topological polar surface area (TPSA) is 80.0 Å². The average Bonchev–Trinajstić information content (AvgIpc) is 2.82. The highest BCUT2D eigenvalue weighted by atomic mass is 16.3. The minimum Gasteiger partial charge on any atom is -0.393 e. The van der Waals surface area contributed by atoms with Crippen molar-refractivity contribution >= 4 is 5.91 Å². The van der Waals surface area contributed by atoms with Crippen LogP contribution in [-0.4, -0.2) is 38.7 Å². The summed E-state index contributed by atoms with van der Waals surface area (Å²) in [6, 6.07) is 0. The summed E-state index contributed by atoms with van der Waals surface area (Å²) < 4.78 is 1.68. The number of nitrogens with one attached hydrogen (secondary N) is 1. The summed E-state index contributed by atoms with van der Waals surface area (Å²) in [5.41, 5.74) is 0. The number of carbonyl (C=O) groups excluding carboxylic acids is 1. The Balaban J connectivity index is 1.70. The zero-order valence-electron chi connectivity index (χ0n) is 9.75. The maximum atomic E-state index is 11.8. The quantitative estimate of drug-likeness (QED) is 0.770. The number of hydrogen-bond acceptors (Lipinski definition) is 4. The Hall–Kier alpha value is -1.43. The van der Waals surface area contributed by atoms with Gasteiger partial charge >= 0.3 is 0 Å². The van der Waals surface area contributed by atoms with Crippen LogP contribution in [-0.2, 0) is 11.3 Å². The van der Waals surface area contributed by atoms with Gasteiger partial charge in [-0.25, -0.2) is 0 Å². The molecule has 1 saturated carbocycles. The molecule has 1 fully saturated rings. The highest BCUT2D eigenvalue weighted by Crippen LogP contribution is 2.24. The summed E-state index contributed by atoms with van der Waals surface area (Å²) in [5.74, 6) is 0.0124. The number of aliphatic hydroxyl groups is 1.